The second-order valence-corrected chi connectivity index (χ2v) is 6.56. The molecule has 0 saturated heterocycles. The fourth-order valence-corrected chi connectivity index (χ4v) is 3.48. The molecule has 6 nitrogen and oxygen atoms in total. The Morgan fingerprint density at radius 1 is 1.42 bits per heavy atom. The largest absolute Gasteiger partial charge is 0.461 e. The molecule has 0 spiro atoms. The van der Waals surface area contributed by atoms with Crippen LogP contribution in [0, 0.1) is 11.3 Å². The quantitative estimate of drug-likeness (QED) is 0.299. The van der Waals surface area contributed by atoms with Crippen LogP contribution in [0.15, 0.2) is 40.1 Å². The summed E-state index contributed by atoms with van der Waals surface area (Å²) in [7, 11) is 0. The summed E-state index contributed by atoms with van der Waals surface area (Å²) in [6.45, 7) is 2.03. The molecule has 9 heteroatoms. The summed E-state index contributed by atoms with van der Waals surface area (Å²) in [5.74, 6) is -0.474. The van der Waals surface area contributed by atoms with Crippen molar-refractivity contribution in [1.29, 1.82) is 5.26 Å². The van der Waals surface area contributed by atoms with Gasteiger partial charge in [-0.2, -0.15) is 5.26 Å². The number of benzene rings is 1. The van der Waals surface area contributed by atoms with E-state index in [9.17, 15) is 4.79 Å². The zero-order chi connectivity index (χ0) is 18.0. The van der Waals surface area contributed by atoms with Gasteiger partial charge < -0.3 is 4.74 Å². The first-order valence-corrected chi connectivity index (χ1v) is 9.41. The first-order valence-electron chi connectivity index (χ1n) is 7.39. The molecule has 3 rings (SSSR count). The van der Waals surface area contributed by atoms with E-state index in [1.54, 1.807) is 35.7 Å². The van der Waals surface area contributed by atoms with Gasteiger partial charge in [-0.25, -0.2) is 14.8 Å². The molecule has 2 aromatic heterocycles. The number of nitriles is 1. The Kier molecular flexibility index (Phi) is 6.81. The maximum absolute atomic E-state index is 12.0. The summed E-state index contributed by atoms with van der Waals surface area (Å²) < 4.78 is 7.42. The Hall–Kier alpha value is -1.89. The van der Waals surface area contributed by atoms with Gasteiger partial charge in [0.1, 0.15) is 0 Å². The summed E-state index contributed by atoms with van der Waals surface area (Å²) in [6, 6.07) is 9.31. The van der Waals surface area contributed by atoms with Crippen LogP contribution >= 0.6 is 44.7 Å². The van der Waals surface area contributed by atoms with Crippen molar-refractivity contribution in [3.63, 3.8) is 0 Å². The van der Waals surface area contributed by atoms with Gasteiger partial charge in [0.2, 0.25) is 0 Å². The first-order chi connectivity index (χ1) is 12.1. The van der Waals surface area contributed by atoms with E-state index in [1.807, 2.05) is 12.3 Å². The lowest BCUT2D eigenvalue weighted by Crippen LogP contribution is -2.04. The third-order valence-corrected chi connectivity index (χ3v) is 4.84. The number of hydrogen-bond acceptors (Lipinski definition) is 6. The van der Waals surface area contributed by atoms with Crippen LogP contribution in [0.25, 0.3) is 16.9 Å². The minimum Gasteiger partial charge on any atom is -0.461 e. The molecule has 0 bridgehead atoms. The normalized spacial score (nSPS) is 10.2. The third-order valence-electron chi connectivity index (χ3n) is 3.46. The first kappa shape index (κ1) is 20.4. The van der Waals surface area contributed by atoms with E-state index in [0.29, 0.717) is 26.5 Å². The van der Waals surface area contributed by atoms with Crippen LogP contribution in [0.2, 0.25) is 0 Å². The number of hydrogen-bond donors (Lipinski definition) is 0. The average molecular weight is 498 g/mol. The van der Waals surface area contributed by atoms with E-state index in [0.717, 1.165) is 5.56 Å². The molecule has 0 radical (unpaired) electrons. The Bertz CT molecular complexity index is 1010. The number of carbonyl (C=O) groups excluding carboxylic acids is 1. The number of nitrogens with zero attached hydrogens (tertiary/aromatic N) is 4. The monoisotopic (exact) mass is 496 g/mol. The Morgan fingerprint density at radius 2 is 2.19 bits per heavy atom. The van der Waals surface area contributed by atoms with E-state index in [4.69, 9.17) is 10.00 Å². The summed E-state index contributed by atoms with van der Waals surface area (Å²) in [5.41, 5.74) is 2.80. The van der Waals surface area contributed by atoms with Crippen molar-refractivity contribution in [2.75, 3.05) is 12.9 Å². The molecule has 26 heavy (non-hydrogen) atoms. The smallest absolute Gasteiger partial charge is 0.358 e. The van der Waals surface area contributed by atoms with Crippen LogP contribution in [0.5, 0.6) is 0 Å². The molecule has 0 aliphatic heterocycles. The van der Waals surface area contributed by atoms with Crippen LogP contribution in [0.3, 0.4) is 0 Å². The highest BCUT2D eigenvalue weighted by atomic mass is 79.9. The van der Waals surface area contributed by atoms with Crippen LogP contribution in [0.1, 0.15) is 23.0 Å². The molecule has 0 atom stereocenters. The maximum Gasteiger partial charge on any atom is 0.358 e. The fraction of sp³-hybridized carbons (Fsp3) is 0.176. The van der Waals surface area contributed by atoms with E-state index in [2.05, 4.69) is 32.0 Å². The molecule has 134 valence electrons. The molecule has 0 fully saturated rings. The maximum atomic E-state index is 12.0. The van der Waals surface area contributed by atoms with Gasteiger partial charge in [0.05, 0.1) is 28.4 Å². The molecule has 0 saturated carbocycles. The number of halogens is 2. The molecule has 0 aliphatic rings. The lowest BCUT2D eigenvalue weighted by Gasteiger charge is -2.09. The van der Waals surface area contributed by atoms with Crippen molar-refractivity contribution in [3.8, 4) is 17.3 Å². The lowest BCUT2D eigenvalue weighted by atomic mass is 10.1. The Labute approximate surface area is 173 Å². The van der Waals surface area contributed by atoms with Gasteiger partial charge in [0.25, 0.3) is 0 Å². The zero-order valence-electron chi connectivity index (χ0n) is 13.9. The second-order valence-electron chi connectivity index (χ2n) is 4.99. The minimum absolute atomic E-state index is 0. The molecule has 0 amide bonds. The van der Waals surface area contributed by atoms with E-state index < -0.39 is 5.97 Å². The van der Waals surface area contributed by atoms with Crippen molar-refractivity contribution >= 4 is 56.3 Å². The molecule has 0 N–H and O–H groups in total. The number of aromatic nitrogens is 3. The van der Waals surface area contributed by atoms with Gasteiger partial charge in [-0.1, -0.05) is 23.9 Å². The highest BCUT2D eigenvalue weighted by molar-refractivity contribution is 9.10. The van der Waals surface area contributed by atoms with Crippen molar-refractivity contribution in [3.05, 3.63) is 46.2 Å². The third kappa shape index (κ3) is 3.77. The molecule has 3 aromatic rings. The number of imidazole rings is 1. The summed E-state index contributed by atoms with van der Waals surface area (Å²) >= 11 is 4.98. The van der Waals surface area contributed by atoms with Gasteiger partial charge in [-0.3, -0.25) is 4.40 Å². The molecular weight excluding hydrogens is 484 g/mol. The Balaban J connectivity index is 0.00000243. The van der Waals surface area contributed by atoms with Crippen molar-refractivity contribution < 1.29 is 9.53 Å². The highest BCUT2D eigenvalue weighted by Gasteiger charge is 2.19. The summed E-state index contributed by atoms with van der Waals surface area (Å²) in [6.07, 6.45) is 3.52. The molecule has 0 aliphatic carbocycles. The van der Waals surface area contributed by atoms with Crippen LogP contribution < -0.4 is 0 Å². The van der Waals surface area contributed by atoms with Crippen LogP contribution in [0.4, 0.5) is 0 Å². The number of fused-ring (bicyclic) bond motifs is 1. The number of thioether (sulfide) groups is 1. The van der Waals surface area contributed by atoms with E-state index in [1.165, 1.54) is 11.8 Å². The number of esters is 1. The average Bonchev–Trinajstić information content (AvgIpc) is 3.08. The summed E-state index contributed by atoms with van der Waals surface area (Å²) in [4.78, 5) is 21.0. The van der Waals surface area contributed by atoms with E-state index in [-0.39, 0.29) is 29.3 Å². The van der Waals surface area contributed by atoms with Crippen LogP contribution in [-0.2, 0) is 4.74 Å². The predicted molar refractivity (Wildman–Crippen MR) is 109 cm³/mol. The van der Waals surface area contributed by atoms with Gasteiger partial charge in [0, 0.05) is 11.8 Å². The standard InChI is InChI=1S/C17H13BrN4O2S.BrH/c1-3-24-16(23)12-9-22-15(20-12)13(18)14(21-17(22)25-2)11-6-4-5-10(7-11)8-19;/h4-7,9H,3H2,1-2H3;1H. The summed E-state index contributed by atoms with van der Waals surface area (Å²) in [5, 5.41) is 9.79. The molecular formula is C17H14Br2N4O2S. The SMILES string of the molecule is Br.CCOC(=O)c1cn2c(SC)nc(-c3cccc(C#N)c3)c(Br)c2n1. The van der Waals surface area contributed by atoms with Gasteiger partial charge in [-0.15, -0.1) is 17.0 Å². The van der Waals surface area contributed by atoms with E-state index >= 15 is 0 Å². The van der Waals surface area contributed by atoms with Crippen molar-refractivity contribution in [2.24, 2.45) is 0 Å². The highest BCUT2D eigenvalue weighted by Crippen LogP contribution is 2.33. The number of ether oxygens (including phenoxy) is 1. The molecule has 2 heterocycles. The molecule has 0 unspecified atom stereocenters. The second kappa shape index (κ2) is 8.66. The Morgan fingerprint density at radius 3 is 2.85 bits per heavy atom. The van der Waals surface area contributed by atoms with Gasteiger partial charge >= 0.3 is 5.97 Å². The topological polar surface area (TPSA) is 80.3 Å². The van der Waals surface area contributed by atoms with Gasteiger partial charge in [-0.05, 0) is 41.2 Å². The number of carbonyl (C=O) groups is 1. The zero-order valence-corrected chi connectivity index (χ0v) is 18.0. The van der Waals surface area contributed by atoms with Gasteiger partial charge in [0.15, 0.2) is 16.5 Å². The minimum atomic E-state index is -0.474. The lowest BCUT2D eigenvalue weighted by molar-refractivity contribution is 0.0520. The number of rotatable bonds is 4. The predicted octanol–water partition coefficient (Wildman–Crippen LogP) is 4.51. The van der Waals surface area contributed by atoms with Crippen LogP contribution in [-0.4, -0.2) is 33.2 Å². The van der Waals surface area contributed by atoms with Crippen molar-refractivity contribution in [2.45, 2.75) is 12.1 Å². The molecule has 1 aromatic carbocycles. The fourth-order valence-electron chi connectivity index (χ4n) is 2.36. The van der Waals surface area contributed by atoms with Crippen molar-refractivity contribution in [1.82, 2.24) is 14.4 Å².